The Bertz CT molecular complexity index is 512. The molecule has 2 atom stereocenters. The number of nitro groups is 1. The summed E-state index contributed by atoms with van der Waals surface area (Å²) < 4.78 is 11.0. The molecule has 2 saturated heterocycles. The molecule has 9 heteroatoms. The van der Waals surface area contributed by atoms with Crippen molar-refractivity contribution in [1.29, 1.82) is 0 Å². The molecule has 8 nitrogen and oxygen atoms in total. The molecule has 2 aliphatic heterocycles. The van der Waals surface area contributed by atoms with Gasteiger partial charge in [-0.1, -0.05) is 0 Å². The van der Waals surface area contributed by atoms with E-state index in [1.165, 1.54) is 0 Å². The number of anilines is 2. The third-order valence-corrected chi connectivity index (χ3v) is 4.77. The van der Waals surface area contributed by atoms with E-state index in [1.54, 1.807) is 0 Å². The number of rotatable bonds is 7. The van der Waals surface area contributed by atoms with Gasteiger partial charge in [0, 0.05) is 26.3 Å². The zero-order chi connectivity index (χ0) is 15.4. The van der Waals surface area contributed by atoms with Crippen molar-refractivity contribution < 1.29 is 14.4 Å². The Morgan fingerprint density at radius 3 is 2.36 bits per heavy atom. The molecule has 2 N–H and O–H groups in total. The van der Waals surface area contributed by atoms with Gasteiger partial charge in [-0.15, -0.1) is 0 Å². The van der Waals surface area contributed by atoms with Crippen LogP contribution in [-0.2, 0) is 9.47 Å². The van der Waals surface area contributed by atoms with Gasteiger partial charge in [-0.3, -0.25) is 10.1 Å². The van der Waals surface area contributed by atoms with Crippen LogP contribution in [-0.4, -0.2) is 48.4 Å². The van der Waals surface area contributed by atoms with E-state index in [-0.39, 0.29) is 17.2 Å². The van der Waals surface area contributed by atoms with Crippen LogP contribution in [0.25, 0.3) is 0 Å². The van der Waals surface area contributed by atoms with Crippen molar-refractivity contribution >= 4 is 27.3 Å². The molecule has 22 heavy (non-hydrogen) atoms. The van der Waals surface area contributed by atoms with E-state index in [1.807, 2.05) is 0 Å². The first-order valence-corrected chi connectivity index (χ1v) is 8.40. The Balaban J connectivity index is 1.58. The molecule has 0 unspecified atom stereocenters. The lowest BCUT2D eigenvalue weighted by Crippen LogP contribution is -2.19. The molecule has 0 aromatic carbocycles. The first kappa shape index (κ1) is 15.4. The van der Waals surface area contributed by atoms with Gasteiger partial charge in [0.15, 0.2) is 5.13 Å². The molecule has 2 aliphatic rings. The Morgan fingerprint density at radius 2 is 1.82 bits per heavy atom. The maximum absolute atomic E-state index is 11.1. The highest BCUT2D eigenvalue weighted by atomic mass is 32.1. The van der Waals surface area contributed by atoms with Gasteiger partial charge in [-0.2, -0.15) is 4.98 Å². The van der Waals surface area contributed by atoms with Crippen molar-refractivity contribution in [2.75, 3.05) is 36.9 Å². The lowest BCUT2D eigenvalue weighted by molar-refractivity contribution is -0.379. The number of hydrogen-bond acceptors (Lipinski definition) is 8. The van der Waals surface area contributed by atoms with Gasteiger partial charge in [0.2, 0.25) is 5.82 Å². The van der Waals surface area contributed by atoms with E-state index in [0.717, 1.165) is 50.2 Å². The molecule has 3 heterocycles. The number of hydrogen-bond donors (Lipinski definition) is 2. The predicted molar refractivity (Wildman–Crippen MR) is 83.7 cm³/mol. The lowest BCUT2D eigenvalue weighted by Gasteiger charge is -2.10. The maximum atomic E-state index is 11.1. The Hall–Kier alpha value is -1.45. The minimum Gasteiger partial charge on any atom is -0.376 e. The van der Waals surface area contributed by atoms with Gasteiger partial charge in [-0.25, -0.2) is 0 Å². The number of nitrogens with one attached hydrogen (secondary N) is 2. The first-order valence-electron chi connectivity index (χ1n) is 7.58. The SMILES string of the molecule is O=[N+]([O-])c1sc(NC[C@H]2CCCO2)nc1NC[C@H]1CCCO1. The highest BCUT2D eigenvalue weighted by Crippen LogP contribution is 2.34. The number of thiazole rings is 1. The summed E-state index contributed by atoms with van der Waals surface area (Å²) in [5.74, 6) is 0.320. The summed E-state index contributed by atoms with van der Waals surface area (Å²) in [6, 6.07) is 0. The van der Waals surface area contributed by atoms with Crippen molar-refractivity contribution in [2.45, 2.75) is 37.9 Å². The normalized spacial score (nSPS) is 24.5. The maximum Gasteiger partial charge on any atom is 0.369 e. The van der Waals surface area contributed by atoms with Gasteiger partial charge in [0.25, 0.3) is 0 Å². The molecule has 1 aromatic rings. The summed E-state index contributed by atoms with van der Waals surface area (Å²) in [5.41, 5.74) is 0. The van der Waals surface area contributed by atoms with Gasteiger partial charge in [0.1, 0.15) is 0 Å². The highest BCUT2D eigenvalue weighted by molar-refractivity contribution is 7.19. The highest BCUT2D eigenvalue weighted by Gasteiger charge is 2.24. The van der Waals surface area contributed by atoms with E-state index in [4.69, 9.17) is 9.47 Å². The van der Waals surface area contributed by atoms with Gasteiger partial charge in [-0.05, 0) is 37.0 Å². The lowest BCUT2D eigenvalue weighted by atomic mass is 10.2. The second-order valence-electron chi connectivity index (χ2n) is 5.46. The monoisotopic (exact) mass is 328 g/mol. The fourth-order valence-electron chi connectivity index (χ4n) is 2.65. The molecule has 0 amide bonds. The fraction of sp³-hybridized carbons (Fsp3) is 0.769. The largest absolute Gasteiger partial charge is 0.376 e. The molecule has 0 spiro atoms. The topological polar surface area (TPSA) is 98.6 Å². The average Bonchev–Trinajstić information content (AvgIpc) is 3.23. The van der Waals surface area contributed by atoms with Crippen LogP contribution in [0.2, 0.25) is 0 Å². The van der Waals surface area contributed by atoms with Crippen LogP contribution in [0.1, 0.15) is 25.7 Å². The van der Waals surface area contributed by atoms with Gasteiger partial charge in [0.05, 0.1) is 17.1 Å². The molecule has 0 bridgehead atoms. The summed E-state index contributed by atoms with van der Waals surface area (Å²) >= 11 is 1.05. The minimum atomic E-state index is -0.396. The van der Waals surface area contributed by atoms with Crippen LogP contribution in [0, 0.1) is 10.1 Å². The van der Waals surface area contributed by atoms with Crippen LogP contribution >= 0.6 is 11.3 Å². The minimum absolute atomic E-state index is 0.0350. The molecular formula is C13H20N4O4S. The predicted octanol–water partition coefficient (Wildman–Crippen LogP) is 2.23. The van der Waals surface area contributed by atoms with Gasteiger partial charge >= 0.3 is 5.00 Å². The third kappa shape index (κ3) is 3.84. The van der Waals surface area contributed by atoms with Crippen LogP contribution in [0.3, 0.4) is 0 Å². The van der Waals surface area contributed by atoms with E-state index in [0.29, 0.717) is 24.0 Å². The Labute approximate surface area is 132 Å². The van der Waals surface area contributed by atoms with Crippen molar-refractivity contribution in [2.24, 2.45) is 0 Å². The van der Waals surface area contributed by atoms with E-state index in [9.17, 15) is 10.1 Å². The molecule has 3 rings (SSSR count). The van der Waals surface area contributed by atoms with Crippen LogP contribution in [0.4, 0.5) is 16.0 Å². The third-order valence-electron chi connectivity index (χ3n) is 3.80. The Morgan fingerprint density at radius 1 is 1.18 bits per heavy atom. The van der Waals surface area contributed by atoms with Crippen molar-refractivity contribution in [3.8, 4) is 0 Å². The average molecular weight is 328 g/mol. The quantitative estimate of drug-likeness (QED) is 0.585. The summed E-state index contributed by atoms with van der Waals surface area (Å²) in [6.07, 6.45) is 4.40. The van der Waals surface area contributed by atoms with E-state index >= 15 is 0 Å². The molecule has 0 saturated carbocycles. The van der Waals surface area contributed by atoms with Crippen molar-refractivity contribution in [3.63, 3.8) is 0 Å². The Kier molecular flexibility index (Phi) is 5.06. The molecule has 122 valence electrons. The smallest absolute Gasteiger partial charge is 0.369 e. The molecule has 2 fully saturated rings. The van der Waals surface area contributed by atoms with Crippen molar-refractivity contribution in [1.82, 2.24) is 4.98 Å². The number of ether oxygens (including phenoxy) is 2. The van der Waals surface area contributed by atoms with E-state index in [2.05, 4.69) is 15.6 Å². The zero-order valence-electron chi connectivity index (χ0n) is 12.2. The summed E-state index contributed by atoms with van der Waals surface area (Å²) in [6.45, 7) is 2.74. The van der Waals surface area contributed by atoms with Crippen LogP contribution < -0.4 is 10.6 Å². The zero-order valence-corrected chi connectivity index (χ0v) is 13.1. The first-order chi connectivity index (χ1) is 10.7. The number of aromatic nitrogens is 1. The summed E-state index contributed by atoms with van der Waals surface area (Å²) in [7, 11) is 0. The summed E-state index contributed by atoms with van der Waals surface area (Å²) in [4.78, 5) is 15.0. The summed E-state index contributed by atoms with van der Waals surface area (Å²) in [5, 5.41) is 17.9. The molecule has 1 aromatic heterocycles. The fourth-order valence-corrected chi connectivity index (χ4v) is 3.41. The molecule has 0 radical (unpaired) electrons. The second-order valence-corrected chi connectivity index (χ2v) is 6.44. The molecule has 0 aliphatic carbocycles. The number of nitrogens with zero attached hydrogens (tertiary/aromatic N) is 2. The second kappa shape index (κ2) is 7.21. The molecular weight excluding hydrogens is 308 g/mol. The van der Waals surface area contributed by atoms with E-state index < -0.39 is 4.92 Å². The van der Waals surface area contributed by atoms with Crippen LogP contribution in [0.15, 0.2) is 0 Å². The standard InChI is InChI=1S/C13H20N4O4S/c18-17(19)12-11(14-7-9-3-1-5-20-9)16-13(22-12)15-8-10-4-2-6-21-10/h9-10,14H,1-8H2,(H,15,16)/t9-,10-/m1/s1. The van der Waals surface area contributed by atoms with Crippen molar-refractivity contribution in [3.05, 3.63) is 10.1 Å². The van der Waals surface area contributed by atoms with Gasteiger partial charge < -0.3 is 20.1 Å². The van der Waals surface area contributed by atoms with Crippen LogP contribution in [0.5, 0.6) is 0 Å².